The molecular formula is C19H20N2O2. The van der Waals surface area contributed by atoms with Crippen LogP contribution in [0.25, 0.3) is 0 Å². The number of hydrogen-bond donors (Lipinski definition) is 1. The van der Waals surface area contributed by atoms with Gasteiger partial charge in [0, 0.05) is 13.1 Å². The molecule has 1 atom stereocenters. The predicted molar refractivity (Wildman–Crippen MR) is 88.8 cm³/mol. The molecule has 1 aliphatic heterocycles. The fraction of sp³-hybridized carbons (Fsp3) is 0.263. The number of piperazine rings is 1. The highest BCUT2D eigenvalue weighted by Gasteiger charge is 2.33. The molecule has 1 saturated heterocycles. The quantitative estimate of drug-likeness (QED) is 0.945. The lowest BCUT2D eigenvalue weighted by molar-refractivity contribution is -0.143. The largest absolute Gasteiger partial charge is 0.352 e. The molecule has 2 amide bonds. The lowest BCUT2D eigenvalue weighted by Gasteiger charge is -2.35. The molecule has 23 heavy (non-hydrogen) atoms. The van der Waals surface area contributed by atoms with Crippen LogP contribution in [0, 0.1) is 6.92 Å². The van der Waals surface area contributed by atoms with Crippen LogP contribution in [-0.4, -0.2) is 29.8 Å². The van der Waals surface area contributed by atoms with Crippen LogP contribution < -0.4 is 5.32 Å². The van der Waals surface area contributed by atoms with Crippen molar-refractivity contribution in [2.24, 2.45) is 0 Å². The van der Waals surface area contributed by atoms with Crippen molar-refractivity contribution < 1.29 is 9.59 Å². The first-order valence-electron chi connectivity index (χ1n) is 7.83. The second-order valence-electron chi connectivity index (χ2n) is 5.86. The number of nitrogens with zero attached hydrogens (tertiary/aromatic N) is 1. The van der Waals surface area contributed by atoms with Gasteiger partial charge < -0.3 is 10.2 Å². The Kier molecular flexibility index (Phi) is 4.42. The molecule has 1 fully saturated rings. The van der Waals surface area contributed by atoms with Gasteiger partial charge in [-0.1, -0.05) is 60.2 Å². The Bertz CT molecular complexity index is 712. The average molecular weight is 308 g/mol. The molecule has 0 radical (unpaired) electrons. The number of rotatable bonds is 3. The van der Waals surface area contributed by atoms with Gasteiger partial charge in [0.1, 0.15) is 6.04 Å². The molecule has 0 aromatic heterocycles. The van der Waals surface area contributed by atoms with Crippen LogP contribution >= 0.6 is 0 Å². The van der Waals surface area contributed by atoms with Crippen molar-refractivity contribution >= 4 is 11.8 Å². The normalized spacial score (nSPS) is 17.7. The average Bonchev–Trinajstić information content (AvgIpc) is 2.55. The van der Waals surface area contributed by atoms with E-state index in [4.69, 9.17) is 0 Å². The number of hydrogen-bond acceptors (Lipinski definition) is 2. The van der Waals surface area contributed by atoms with Gasteiger partial charge in [-0.15, -0.1) is 0 Å². The van der Waals surface area contributed by atoms with Crippen molar-refractivity contribution in [1.82, 2.24) is 10.2 Å². The summed E-state index contributed by atoms with van der Waals surface area (Å²) in [6.45, 7) is 3.05. The van der Waals surface area contributed by atoms with Gasteiger partial charge >= 0.3 is 0 Å². The monoisotopic (exact) mass is 308 g/mol. The molecule has 118 valence electrons. The Hall–Kier alpha value is -2.62. The van der Waals surface area contributed by atoms with Crippen LogP contribution in [0.2, 0.25) is 0 Å². The number of carbonyl (C=O) groups is 2. The van der Waals surface area contributed by atoms with E-state index in [1.54, 1.807) is 4.90 Å². The first kappa shape index (κ1) is 15.3. The minimum atomic E-state index is -0.540. The van der Waals surface area contributed by atoms with Gasteiger partial charge in [0.15, 0.2) is 0 Å². The van der Waals surface area contributed by atoms with Crippen molar-refractivity contribution in [3.63, 3.8) is 0 Å². The molecule has 2 aromatic rings. The molecule has 4 heteroatoms. The summed E-state index contributed by atoms with van der Waals surface area (Å²) in [6, 6.07) is 16.9. The molecule has 0 aliphatic carbocycles. The molecule has 1 unspecified atom stereocenters. The van der Waals surface area contributed by atoms with Crippen molar-refractivity contribution in [2.45, 2.75) is 19.4 Å². The van der Waals surface area contributed by atoms with Gasteiger partial charge in [0.05, 0.1) is 6.42 Å². The summed E-state index contributed by atoms with van der Waals surface area (Å²) in [5.74, 6) is -0.126. The molecule has 3 rings (SSSR count). The van der Waals surface area contributed by atoms with Crippen molar-refractivity contribution in [2.75, 3.05) is 13.1 Å². The fourth-order valence-corrected chi connectivity index (χ4v) is 3.00. The van der Waals surface area contributed by atoms with Gasteiger partial charge in [-0.2, -0.15) is 0 Å². The van der Waals surface area contributed by atoms with Gasteiger partial charge in [-0.25, -0.2) is 0 Å². The Morgan fingerprint density at radius 3 is 2.70 bits per heavy atom. The zero-order valence-corrected chi connectivity index (χ0v) is 13.2. The van der Waals surface area contributed by atoms with Crippen LogP contribution in [0.15, 0.2) is 54.6 Å². The Morgan fingerprint density at radius 2 is 1.96 bits per heavy atom. The summed E-state index contributed by atoms with van der Waals surface area (Å²) in [5.41, 5.74) is 2.96. The lowest BCUT2D eigenvalue weighted by atomic mass is 10.0. The van der Waals surface area contributed by atoms with Gasteiger partial charge in [-0.3, -0.25) is 9.59 Å². The van der Waals surface area contributed by atoms with Crippen LogP contribution in [0.4, 0.5) is 0 Å². The second kappa shape index (κ2) is 6.65. The van der Waals surface area contributed by atoms with Crippen molar-refractivity contribution in [3.8, 4) is 0 Å². The third-order valence-electron chi connectivity index (χ3n) is 4.09. The third-order valence-corrected chi connectivity index (χ3v) is 4.09. The van der Waals surface area contributed by atoms with E-state index >= 15 is 0 Å². The van der Waals surface area contributed by atoms with Crippen LogP contribution in [-0.2, 0) is 16.0 Å². The summed E-state index contributed by atoms with van der Waals surface area (Å²) in [6.07, 6.45) is 0.318. The molecule has 1 N–H and O–H groups in total. The van der Waals surface area contributed by atoms with Crippen LogP contribution in [0.1, 0.15) is 22.7 Å². The van der Waals surface area contributed by atoms with Crippen molar-refractivity contribution in [3.05, 3.63) is 71.3 Å². The summed E-state index contributed by atoms with van der Waals surface area (Å²) >= 11 is 0. The third kappa shape index (κ3) is 3.42. The summed E-state index contributed by atoms with van der Waals surface area (Å²) in [4.78, 5) is 26.8. The first-order chi connectivity index (χ1) is 11.1. The minimum Gasteiger partial charge on any atom is -0.352 e. The number of benzene rings is 2. The minimum absolute atomic E-state index is 0.0145. The Balaban J connectivity index is 1.83. The summed E-state index contributed by atoms with van der Waals surface area (Å²) in [7, 11) is 0. The smallest absolute Gasteiger partial charge is 0.247 e. The van der Waals surface area contributed by atoms with E-state index in [9.17, 15) is 9.59 Å². The van der Waals surface area contributed by atoms with E-state index in [1.807, 2.05) is 61.5 Å². The number of carbonyl (C=O) groups excluding carboxylic acids is 2. The van der Waals surface area contributed by atoms with E-state index < -0.39 is 6.04 Å². The molecule has 1 heterocycles. The highest BCUT2D eigenvalue weighted by Crippen LogP contribution is 2.24. The van der Waals surface area contributed by atoms with E-state index in [1.165, 1.54) is 0 Å². The standard InChI is InChI=1S/C19H20N2O2/c1-14-6-5-7-15(12-14)13-17(22)21-11-10-20-19(23)18(21)16-8-3-2-4-9-16/h2-9,12,18H,10-11,13H2,1H3,(H,20,23). The second-order valence-corrected chi connectivity index (χ2v) is 5.86. The van der Waals surface area contributed by atoms with E-state index in [0.717, 1.165) is 16.7 Å². The van der Waals surface area contributed by atoms with Gasteiger partial charge in [0.2, 0.25) is 11.8 Å². The molecule has 4 nitrogen and oxygen atoms in total. The van der Waals surface area contributed by atoms with Gasteiger partial charge in [0.25, 0.3) is 0 Å². The maximum absolute atomic E-state index is 12.8. The predicted octanol–water partition coefficient (Wildman–Crippen LogP) is 2.24. The molecular weight excluding hydrogens is 288 g/mol. The highest BCUT2D eigenvalue weighted by molar-refractivity contribution is 5.90. The SMILES string of the molecule is Cc1cccc(CC(=O)N2CCNC(=O)C2c2ccccc2)c1. The number of aryl methyl sites for hydroxylation is 1. The molecule has 0 spiro atoms. The topological polar surface area (TPSA) is 49.4 Å². The number of nitrogens with one attached hydrogen (secondary N) is 1. The molecule has 1 aliphatic rings. The lowest BCUT2D eigenvalue weighted by Crippen LogP contribution is -2.52. The maximum atomic E-state index is 12.8. The molecule has 0 bridgehead atoms. The molecule has 0 saturated carbocycles. The highest BCUT2D eigenvalue weighted by atomic mass is 16.2. The van der Waals surface area contributed by atoms with E-state index in [2.05, 4.69) is 5.32 Å². The van der Waals surface area contributed by atoms with Crippen molar-refractivity contribution in [1.29, 1.82) is 0 Å². The van der Waals surface area contributed by atoms with Gasteiger partial charge in [-0.05, 0) is 18.1 Å². The van der Waals surface area contributed by atoms with E-state index in [-0.39, 0.29) is 11.8 Å². The van der Waals surface area contributed by atoms with Crippen LogP contribution in [0.5, 0.6) is 0 Å². The van der Waals surface area contributed by atoms with Crippen LogP contribution in [0.3, 0.4) is 0 Å². The maximum Gasteiger partial charge on any atom is 0.247 e. The zero-order valence-electron chi connectivity index (χ0n) is 13.2. The number of amides is 2. The fourth-order valence-electron chi connectivity index (χ4n) is 3.00. The Morgan fingerprint density at radius 1 is 1.17 bits per heavy atom. The Labute approximate surface area is 136 Å². The zero-order chi connectivity index (χ0) is 16.2. The summed E-state index contributed by atoms with van der Waals surface area (Å²) in [5, 5.41) is 2.86. The summed E-state index contributed by atoms with van der Waals surface area (Å²) < 4.78 is 0. The first-order valence-corrected chi connectivity index (χ1v) is 7.83. The molecule has 2 aromatic carbocycles. The van der Waals surface area contributed by atoms with E-state index in [0.29, 0.717) is 19.5 Å².